The molecule has 17 heavy (non-hydrogen) atoms. The fourth-order valence-corrected chi connectivity index (χ4v) is 2.83. The Morgan fingerprint density at radius 1 is 1.24 bits per heavy atom. The van der Waals surface area contributed by atoms with E-state index in [1.54, 1.807) is 0 Å². The van der Waals surface area contributed by atoms with E-state index >= 15 is 0 Å². The summed E-state index contributed by atoms with van der Waals surface area (Å²) in [5.41, 5.74) is 0. The molecule has 0 aromatic carbocycles. The molecular weight excluding hydrogens is 234 g/mol. The van der Waals surface area contributed by atoms with Crippen LogP contribution in [0, 0.1) is 5.92 Å². The Hall–Kier alpha value is 0.0700. The molecule has 1 unspecified atom stereocenters. The zero-order valence-corrected chi connectivity index (χ0v) is 11.9. The fourth-order valence-electron chi connectivity index (χ4n) is 2.17. The van der Waals surface area contributed by atoms with Crippen LogP contribution in [0.25, 0.3) is 0 Å². The van der Waals surface area contributed by atoms with Crippen molar-refractivity contribution < 1.29 is 8.95 Å². The number of ether oxygens (including phenoxy) is 1. The van der Waals surface area contributed by atoms with Crippen molar-refractivity contribution >= 4 is 10.8 Å². The van der Waals surface area contributed by atoms with E-state index in [0.29, 0.717) is 0 Å². The normalized spacial score (nSPS) is 19.4. The molecule has 1 aliphatic heterocycles. The van der Waals surface area contributed by atoms with Gasteiger partial charge in [-0.3, -0.25) is 4.21 Å². The highest BCUT2D eigenvalue weighted by Gasteiger charge is 2.12. The number of hydrogen-bond donors (Lipinski definition) is 1. The molecule has 1 aliphatic rings. The monoisotopic (exact) mass is 261 g/mol. The lowest BCUT2D eigenvalue weighted by molar-refractivity contribution is 0.0632. The molecule has 0 amide bonds. The van der Waals surface area contributed by atoms with Crippen LogP contribution in [0.5, 0.6) is 0 Å². The first-order valence-corrected chi connectivity index (χ1v) is 8.45. The number of nitrogens with one attached hydrogen (secondary N) is 1. The average molecular weight is 261 g/mol. The summed E-state index contributed by atoms with van der Waals surface area (Å²) >= 11 is 0. The quantitative estimate of drug-likeness (QED) is 0.645. The van der Waals surface area contributed by atoms with Gasteiger partial charge in [-0.2, -0.15) is 0 Å². The van der Waals surface area contributed by atoms with Crippen molar-refractivity contribution in [2.24, 2.45) is 5.92 Å². The van der Waals surface area contributed by atoms with Gasteiger partial charge in [0.2, 0.25) is 0 Å². The van der Waals surface area contributed by atoms with Gasteiger partial charge in [-0.1, -0.05) is 19.8 Å². The zero-order valence-electron chi connectivity index (χ0n) is 11.1. The van der Waals surface area contributed by atoms with E-state index in [1.165, 1.54) is 32.1 Å². The maximum absolute atomic E-state index is 11.2. The highest BCUT2D eigenvalue weighted by atomic mass is 32.2. The first kappa shape index (κ1) is 15.1. The van der Waals surface area contributed by atoms with Crippen LogP contribution in [0.1, 0.15) is 39.0 Å². The largest absolute Gasteiger partial charge is 0.381 e. The standard InChI is InChI=1S/C13H27NO2S/c1-2-17(15)12-9-14-8-4-3-5-13-6-10-16-11-7-13/h13-14H,2-12H2,1H3. The van der Waals surface area contributed by atoms with Crippen LogP contribution in [0.2, 0.25) is 0 Å². The summed E-state index contributed by atoms with van der Waals surface area (Å²) in [6.07, 6.45) is 6.42. The van der Waals surface area contributed by atoms with Crippen LogP contribution in [0.3, 0.4) is 0 Å². The lowest BCUT2D eigenvalue weighted by Crippen LogP contribution is -2.22. The van der Waals surface area contributed by atoms with Crippen LogP contribution in [-0.2, 0) is 15.5 Å². The predicted molar refractivity (Wildman–Crippen MR) is 73.8 cm³/mol. The molecule has 0 radical (unpaired) electrons. The molecule has 0 saturated carbocycles. The highest BCUT2D eigenvalue weighted by molar-refractivity contribution is 7.84. The molecule has 1 heterocycles. The van der Waals surface area contributed by atoms with Gasteiger partial charge in [0, 0.05) is 42.1 Å². The van der Waals surface area contributed by atoms with E-state index in [0.717, 1.165) is 43.7 Å². The SMILES string of the molecule is CCS(=O)CCNCCCCC1CCOCC1. The first-order valence-electron chi connectivity index (χ1n) is 6.96. The maximum Gasteiger partial charge on any atom is 0.0468 e. The maximum atomic E-state index is 11.2. The minimum atomic E-state index is -0.614. The van der Waals surface area contributed by atoms with Crippen molar-refractivity contribution in [3.05, 3.63) is 0 Å². The predicted octanol–water partition coefficient (Wildman–Crippen LogP) is 1.94. The molecule has 1 fully saturated rings. The third-order valence-electron chi connectivity index (χ3n) is 3.39. The minimum absolute atomic E-state index is 0.614. The van der Waals surface area contributed by atoms with Crippen molar-refractivity contribution in [2.45, 2.75) is 39.0 Å². The van der Waals surface area contributed by atoms with Crippen LogP contribution >= 0.6 is 0 Å². The van der Waals surface area contributed by atoms with Gasteiger partial charge in [-0.15, -0.1) is 0 Å². The molecule has 0 aromatic rings. The lowest BCUT2D eigenvalue weighted by Gasteiger charge is -2.21. The average Bonchev–Trinajstić information content (AvgIpc) is 2.38. The summed E-state index contributed by atoms with van der Waals surface area (Å²) in [5.74, 6) is 2.48. The molecule has 1 rings (SSSR count). The van der Waals surface area contributed by atoms with Crippen LogP contribution in [-0.4, -0.2) is 42.0 Å². The van der Waals surface area contributed by atoms with E-state index in [9.17, 15) is 4.21 Å². The van der Waals surface area contributed by atoms with E-state index in [2.05, 4.69) is 5.32 Å². The molecule has 0 aromatic heterocycles. The summed E-state index contributed by atoms with van der Waals surface area (Å²) in [7, 11) is -0.614. The van der Waals surface area contributed by atoms with Crippen molar-refractivity contribution in [3.63, 3.8) is 0 Å². The Morgan fingerprint density at radius 3 is 2.71 bits per heavy atom. The molecule has 3 nitrogen and oxygen atoms in total. The van der Waals surface area contributed by atoms with Gasteiger partial charge in [0.1, 0.15) is 0 Å². The molecule has 0 spiro atoms. The highest BCUT2D eigenvalue weighted by Crippen LogP contribution is 2.20. The first-order chi connectivity index (χ1) is 8.33. The number of unbranched alkanes of at least 4 members (excludes halogenated alkanes) is 1. The Balaban J connectivity index is 1.82. The molecule has 4 heteroatoms. The van der Waals surface area contributed by atoms with Gasteiger partial charge in [-0.25, -0.2) is 0 Å². The fraction of sp³-hybridized carbons (Fsp3) is 1.00. The van der Waals surface area contributed by atoms with Gasteiger partial charge in [0.05, 0.1) is 0 Å². The molecule has 102 valence electrons. The molecule has 0 aliphatic carbocycles. The third kappa shape index (κ3) is 7.90. The topological polar surface area (TPSA) is 38.3 Å². The molecular formula is C13H27NO2S. The number of hydrogen-bond acceptors (Lipinski definition) is 3. The third-order valence-corrected chi connectivity index (χ3v) is 4.69. The zero-order chi connectivity index (χ0) is 12.3. The van der Waals surface area contributed by atoms with Gasteiger partial charge >= 0.3 is 0 Å². The summed E-state index contributed by atoms with van der Waals surface area (Å²) in [5, 5.41) is 3.37. The molecule has 1 atom stereocenters. The smallest absolute Gasteiger partial charge is 0.0468 e. The van der Waals surface area contributed by atoms with E-state index in [1.807, 2.05) is 6.92 Å². The van der Waals surface area contributed by atoms with E-state index < -0.39 is 10.8 Å². The lowest BCUT2D eigenvalue weighted by atomic mass is 9.94. The van der Waals surface area contributed by atoms with Crippen molar-refractivity contribution in [1.29, 1.82) is 0 Å². The second kappa shape index (κ2) is 10.0. The second-order valence-electron chi connectivity index (χ2n) is 4.73. The second-order valence-corrected chi connectivity index (χ2v) is 6.60. The Morgan fingerprint density at radius 2 is 2.00 bits per heavy atom. The van der Waals surface area contributed by atoms with Crippen molar-refractivity contribution in [3.8, 4) is 0 Å². The summed E-state index contributed by atoms with van der Waals surface area (Å²) in [4.78, 5) is 0. The Bertz CT molecular complexity index is 206. The van der Waals surface area contributed by atoms with E-state index in [4.69, 9.17) is 4.74 Å². The summed E-state index contributed by atoms with van der Waals surface area (Å²) in [6, 6.07) is 0. The van der Waals surface area contributed by atoms with Crippen molar-refractivity contribution in [2.75, 3.05) is 37.8 Å². The Kier molecular flexibility index (Phi) is 8.93. The van der Waals surface area contributed by atoms with E-state index in [-0.39, 0.29) is 0 Å². The van der Waals surface area contributed by atoms with Crippen molar-refractivity contribution in [1.82, 2.24) is 5.32 Å². The van der Waals surface area contributed by atoms with Gasteiger partial charge < -0.3 is 10.1 Å². The summed E-state index contributed by atoms with van der Waals surface area (Å²) in [6.45, 7) is 5.88. The Labute approximate surface area is 108 Å². The van der Waals surface area contributed by atoms with Crippen LogP contribution in [0.15, 0.2) is 0 Å². The number of rotatable bonds is 9. The molecule has 1 N–H and O–H groups in total. The minimum Gasteiger partial charge on any atom is -0.381 e. The summed E-state index contributed by atoms with van der Waals surface area (Å²) < 4.78 is 16.5. The van der Waals surface area contributed by atoms with Crippen LogP contribution < -0.4 is 5.32 Å². The van der Waals surface area contributed by atoms with Gasteiger partial charge in [-0.05, 0) is 31.7 Å². The molecule has 1 saturated heterocycles. The van der Waals surface area contributed by atoms with Gasteiger partial charge in [0.15, 0.2) is 0 Å². The molecule has 0 bridgehead atoms. The van der Waals surface area contributed by atoms with Crippen LogP contribution in [0.4, 0.5) is 0 Å². The van der Waals surface area contributed by atoms with Gasteiger partial charge in [0.25, 0.3) is 0 Å².